The Morgan fingerprint density at radius 2 is 1.69 bits per heavy atom. The summed E-state index contributed by atoms with van der Waals surface area (Å²) in [5, 5.41) is 11.6. The highest BCUT2D eigenvalue weighted by atomic mass is 35.5. The molecule has 36 heavy (non-hydrogen) atoms. The minimum Gasteiger partial charge on any atom is -0.507 e. The lowest BCUT2D eigenvalue weighted by molar-refractivity contribution is -0.132. The molecule has 1 aliphatic rings. The summed E-state index contributed by atoms with van der Waals surface area (Å²) in [4.78, 5) is 32.5. The van der Waals surface area contributed by atoms with Gasteiger partial charge < -0.3 is 14.6 Å². The van der Waals surface area contributed by atoms with Crippen LogP contribution in [0.2, 0.25) is 10.0 Å². The first-order chi connectivity index (χ1) is 17.2. The zero-order valence-corrected chi connectivity index (χ0v) is 21.6. The Kier molecular flexibility index (Phi) is 7.24. The average Bonchev–Trinajstić information content (AvgIpc) is 3.14. The fourth-order valence-corrected chi connectivity index (χ4v) is 4.91. The molecule has 1 saturated heterocycles. The smallest absolute Gasteiger partial charge is 0.300 e. The number of carbonyl (C=O) groups is 2. The molecular formula is C27H24Cl2N2O5. The lowest BCUT2D eigenvalue weighted by Crippen LogP contribution is -2.29. The van der Waals surface area contributed by atoms with Crippen molar-refractivity contribution in [3.8, 4) is 11.5 Å². The van der Waals surface area contributed by atoms with E-state index in [1.807, 2.05) is 12.1 Å². The number of nitrogens with zero attached hydrogens (tertiary/aromatic N) is 2. The molecule has 0 aliphatic carbocycles. The van der Waals surface area contributed by atoms with E-state index in [1.54, 1.807) is 36.5 Å². The highest BCUT2D eigenvalue weighted by Crippen LogP contribution is 2.47. The molecule has 1 unspecified atom stereocenters. The predicted octanol–water partition coefficient (Wildman–Crippen LogP) is 6.16. The molecule has 1 atom stereocenters. The largest absolute Gasteiger partial charge is 0.507 e. The van der Waals surface area contributed by atoms with Gasteiger partial charge in [0.25, 0.3) is 11.7 Å². The molecule has 1 fully saturated rings. The molecule has 1 amide bonds. The minimum absolute atomic E-state index is 0.0157. The second-order valence-corrected chi connectivity index (χ2v) is 9.24. The van der Waals surface area contributed by atoms with Crippen molar-refractivity contribution in [1.82, 2.24) is 4.98 Å². The van der Waals surface area contributed by atoms with Crippen LogP contribution in [0.15, 0.2) is 60.3 Å². The van der Waals surface area contributed by atoms with E-state index in [0.29, 0.717) is 11.4 Å². The number of halogens is 2. The summed E-state index contributed by atoms with van der Waals surface area (Å²) in [5.41, 5.74) is 1.85. The molecule has 7 nitrogen and oxygen atoms in total. The van der Waals surface area contributed by atoms with Gasteiger partial charge in [-0.25, -0.2) is 0 Å². The Morgan fingerprint density at radius 3 is 2.25 bits per heavy atom. The van der Waals surface area contributed by atoms with Gasteiger partial charge in [0.1, 0.15) is 16.8 Å². The van der Waals surface area contributed by atoms with Crippen molar-refractivity contribution in [1.29, 1.82) is 0 Å². The van der Waals surface area contributed by atoms with Gasteiger partial charge in [-0.2, -0.15) is 0 Å². The van der Waals surface area contributed by atoms with Crippen molar-refractivity contribution in [2.45, 2.75) is 25.8 Å². The summed E-state index contributed by atoms with van der Waals surface area (Å²) in [5.74, 6) is -1.68. The van der Waals surface area contributed by atoms with Gasteiger partial charge >= 0.3 is 0 Å². The number of Topliss-reactive ketones (excluding diaryl/α,β-unsaturated/α-hetero) is 1. The van der Waals surface area contributed by atoms with E-state index in [4.69, 9.17) is 32.7 Å². The number of carbonyl (C=O) groups excluding carboxylic acids is 2. The third-order valence-electron chi connectivity index (χ3n) is 6.04. The van der Waals surface area contributed by atoms with Crippen molar-refractivity contribution >= 4 is 46.3 Å². The van der Waals surface area contributed by atoms with Crippen LogP contribution in [0, 0.1) is 0 Å². The van der Waals surface area contributed by atoms with Crippen LogP contribution < -0.4 is 14.4 Å². The van der Waals surface area contributed by atoms with E-state index in [2.05, 4.69) is 18.8 Å². The number of rotatable bonds is 6. The van der Waals surface area contributed by atoms with Crippen molar-refractivity contribution < 1.29 is 24.2 Å². The minimum atomic E-state index is -1.000. The first-order valence-corrected chi connectivity index (χ1v) is 11.9. The van der Waals surface area contributed by atoms with Crippen molar-refractivity contribution in [3.63, 3.8) is 0 Å². The Labute approximate surface area is 218 Å². The normalized spacial score (nSPS) is 17.1. The lowest BCUT2D eigenvalue weighted by atomic mass is 9.97. The van der Waals surface area contributed by atoms with Crippen LogP contribution in [0.4, 0.5) is 5.69 Å². The molecule has 186 valence electrons. The van der Waals surface area contributed by atoms with Gasteiger partial charge in [0, 0.05) is 11.9 Å². The number of aromatic nitrogens is 1. The first kappa shape index (κ1) is 25.5. The van der Waals surface area contributed by atoms with Crippen molar-refractivity contribution in [2.75, 3.05) is 19.1 Å². The maximum Gasteiger partial charge on any atom is 0.300 e. The van der Waals surface area contributed by atoms with Crippen LogP contribution in [0.1, 0.15) is 42.6 Å². The molecule has 1 aliphatic heterocycles. The van der Waals surface area contributed by atoms with Gasteiger partial charge in [0.15, 0.2) is 11.5 Å². The number of amides is 1. The molecule has 0 spiro atoms. The second-order valence-electron chi connectivity index (χ2n) is 8.46. The number of hydrogen-bond donors (Lipinski definition) is 1. The number of hydrogen-bond acceptors (Lipinski definition) is 6. The summed E-state index contributed by atoms with van der Waals surface area (Å²) in [6.07, 6.45) is 1.55. The molecular weight excluding hydrogens is 503 g/mol. The third kappa shape index (κ3) is 4.29. The molecule has 0 radical (unpaired) electrons. The molecule has 1 N–H and O–H groups in total. The standard InChI is InChI=1S/C27H24Cl2N2O5/c1-14(2)15-8-10-16(11-9-15)31-22(19-7-5-6-12-30-19)20(24(33)27(31)34)23(32)17-13-18(28)26(36-4)21(29)25(17)35-3/h5-14,22,32H,1-4H3/b23-20+. The summed E-state index contributed by atoms with van der Waals surface area (Å²) in [6, 6.07) is 12.9. The highest BCUT2D eigenvalue weighted by Gasteiger charge is 2.48. The molecule has 0 saturated carbocycles. The molecule has 2 heterocycles. The number of benzene rings is 2. The average molecular weight is 527 g/mol. The van der Waals surface area contributed by atoms with Crippen LogP contribution in [-0.2, 0) is 9.59 Å². The Balaban J connectivity index is 1.97. The van der Waals surface area contributed by atoms with Gasteiger partial charge in [-0.05, 0) is 41.8 Å². The summed E-state index contributed by atoms with van der Waals surface area (Å²) in [6.45, 7) is 4.13. The summed E-state index contributed by atoms with van der Waals surface area (Å²) >= 11 is 12.7. The monoisotopic (exact) mass is 526 g/mol. The van der Waals surface area contributed by atoms with Crippen LogP contribution >= 0.6 is 23.2 Å². The van der Waals surface area contributed by atoms with Gasteiger partial charge in [-0.1, -0.05) is 55.2 Å². The van der Waals surface area contributed by atoms with E-state index < -0.39 is 23.5 Å². The number of aliphatic hydroxyl groups excluding tert-OH is 1. The third-order valence-corrected chi connectivity index (χ3v) is 6.67. The van der Waals surface area contributed by atoms with Crippen molar-refractivity contribution in [3.05, 3.63) is 87.2 Å². The Bertz CT molecular complexity index is 1350. The first-order valence-electron chi connectivity index (χ1n) is 11.1. The second kappa shape index (κ2) is 10.2. The van der Waals surface area contributed by atoms with Gasteiger partial charge in [0.05, 0.1) is 36.1 Å². The number of ketones is 1. The van der Waals surface area contributed by atoms with Crippen LogP contribution in [0.5, 0.6) is 11.5 Å². The molecule has 2 aromatic carbocycles. The maximum atomic E-state index is 13.4. The Hall–Kier alpha value is -3.55. The summed E-state index contributed by atoms with van der Waals surface area (Å²) in [7, 11) is 2.75. The molecule has 1 aromatic heterocycles. The molecule has 3 aromatic rings. The number of methoxy groups -OCH3 is 2. The van der Waals surface area contributed by atoms with Crippen LogP contribution in [-0.4, -0.2) is 36.0 Å². The topological polar surface area (TPSA) is 89.0 Å². The SMILES string of the molecule is COc1c(Cl)cc(/C(O)=C2\C(=O)C(=O)N(c3ccc(C(C)C)cc3)C2c2ccccn2)c(OC)c1Cl. The number of ether oxygens (including phenoxy) is 2. The lowest BCUT2D eigenvalue weighted by Gasteiger charge is -2.25. The van der Waals surface area contributed by atoms with Crippen LogP contribution in [0.25, 0.3) is 5.76 Å². The molecule has 0 bridgehead atoms. The summed E-state index contributed by atoms with van der Waals surface area (Å²) < 4.78 is 10.6. The van der Waals surface area contributed by atoms with E-state index in [1.165, 1.54) is 25.2 Å². The number of pyridine rings is 1. The van der Waals surface area contributed by atoms with Crippen LogP contribution in [0.3, 0.4) is 0 Å². The quantitative estimate of drug-likeness (QED) is 0.235. The maximum absolute atomic E-state index is 13.4. The van der Waals surface area contributed by atoms with E-state index in [0.717, 1.165) is 5.56 Å². The number of anilines is 1. The zero-order valence-electron chi connectivity index (χ0n) is 20.1. The Morgan fingerprint density at radius 1 is 1.03 bits per heavy atom. The number of aliphatic hydroxyl groups is 1. The van der Waals surface area contributed by atoms with Crippen molar-refractivity contribution in [2.24, 2.45) is 0 Å². The van der Waals surface area contributed by atoms with Gasteiger partial charge in [-0.3, -0.25) is 19.5 Å². The van der Waals surface area contributed by atoms with E-state index >= 15 is 0 Å². The molecule has 9 heteroatoms. The fraction of sp³-hybridized carbons (Fsp3) is 0.222. The molecule has 4 rings (SSSR count). The van der Waals surface area contributed by atoms with Gasteiger partial charge in [0.2, 0.25) is 0 Å². The highest BCUT2D eigenvalue weighted by molar-refractivity contribution is 6.52. The van der Waals surface area contributed by atoms with Gasteiger partial charge in [-0.15, -0.1) is 0 Å². The fourth-order valence-electron chi connectivity index (χ4n) is 4.23. The van der Waals surface area contributed by atoms with E-state index in [-0.39, 0.29) is 38.6 Å². The van der Waals surface area contributed by atoms with E-state index in [9.17, 15) is 14.7 Å². The predicted molar refractivity (Wildman–Crippen MR) is 139 cm³/mol. The zero-order chi connectivity index (χ0) is 26.1.